The highest BCUT2D eigenvalue weighted by atomic mass is 32.1. The molecule has 2 heterocycles. The van der Waals surface area contributed by atoms with Crippen LogP contribution in [-0.2, 0) is 11.8 Å². The molecule has 168 valence electrons. The minimum Gasteiger partial charge on any atom is -0.481 e. The number of nitrogens with zero attached hydrogens (tertiary/aromatic N) is 4. The molecule has 6 nitrogen and oxygen atoms in total. The largest absolute Gasteiger partial charge is 0.481 e. The van der Waals surface area contributed by atoms with Gasteiger partial charge in [-0.25, -0.2) is 4.99 Å². The number of aryl methyl sites for hydroxylation is 1. The molecule has 0 bridgehead atoms. The highest BCUT2D eigenvalue weighted by Crippen LogP contribution is 2.29. The molecule has 0 unspecified atom stereocenters. The normalized spacial score (nSPS) is 14.8. The maximum atomic E-state index is 9.00. The van der Waals surface area contributed by atoms with E-state index in [9.17, 15) is 0 Å². The van der Waals surface area contributed by atoms with E-state index >= 15 is 0 Å². The number of carboxylic acids is 1. The highest BCUT2D eigenvalue weighted by Gasteiger charge is 2.18. The average Bonchev–Trinajstić information content (AvgIpc) is 3.04. The van der Waals surface area contributed by atoms with Crippen molar-refractivity contribution in [2.45, 2.75) is 13.3 Å². The van der Waals surface area contributed by atoms with Gasteiger partial charge in [-0.3, -0.25) is 4.79 Å². The summed E-state index contributed by atoms with van der Waals surface area (Å²) in [5, 5.41) is 11.2. The topological polar surface area (TPSA) is 56.8 Å². The second kappa shape index (κ2) is 10.1. The lowest BCUT2D eigenvalue weighted by Crippen LogP contribution is -2.36. The number of carbonyl (C=O) groups is 1. The van der Waals surface area contributed by atoms with Crippen molar-refractivity contribution in [2.24, 2.45) is 12.0 Å². The summed E-state index contributed by atoms with van der Waals surface area (Å²) >= 11 is 1.81. The Labute approximate surface area is 193 Å². The summed E-state index contributed by atoms with van der Waals surface area (Å²) in [5.74, 6) is -0.833. The fourth-order valence-electron chi connectivity index (χ4n) is 3.55. The van der Waals surface area contributed by atoms with Crippen LogP contribution < -0.4 is 4.57 Å². The molecule has 0 amide bonds. The van der Waals surface area contributed by atoms with Crippen molar-refractivity contribution in [1.29, 1.82) is 0 Å². The predicted molar refractivity (Wildman–Crippen MR) is 134 cm³/mol. The lowest BCUT2D eigenvalue weighted by atomic mass is 10.1. The van der Waals surface area contributed by atoms with Crippen molar-refractivity contribution >= 4 is 50.7 Å². The van der Waals surface area contributed by atoms with Crippen molar-refractivity contribution in [2.75, 3.05) is 34.2 Å². The molecule has 0 spiro atoms. The van der Waals surface area contributed by atoms with E-state index < -0.39 is 5.97 Å². The molecule has 1 aliphatic rings. The number of quaternary nitrogens is 1. The average molecular weight is 453 g/mol. The van der Waals surface area contributed by atoms with E-state index in [2.05, 4.69) is 97.4 Å². The standard InChI is InChI=1S/C23H28N4S.C2H4O2/c1-25-22(28-21-11-10-18-8-5-6-9-20(18)23(21)25)16-19-12-14-26(17-24-19)13-7-15-27(2,3)4;1-2(3)4/h5-6,8-12,14,16-17H,7,13,15H2,1-4H3;1H3,(H,3,4)/q+2;. The number of allylic oxidation sites excluding steroid dienone is 1. The van der Waals surface area contributed by atoms with Gasteiger partial charge in [0.15, 0.2) is 0 Å². The molecule has 2 aromatic carbocycles. The van der Waals surface area contributed by atoms with Crippen LogP contribution in [0.2, 0.25) is 0 Å². The van der Waals surface area contributed by atoms with Crippen LogP contribution in [0.1, 0.15) is 18.4 Å². The molecule has 3 aromatic rings. The second-order valence-electron chi connectivity index (χ2n) is 8.89. The fraction of sp³-hybridized carbons (Fsp3) is 0.320. The lowest BCUT2D eigenvalue weighted by Gasteiger charge is -2.25. The van der Waals surface area contributed by atoms with Gasteiger partial charge < -0.3 is 14.5 Å². The zero-order valence-corrected chi connectivity index (χ0v) is 20.3. The zero-order valence-electron chi connectivity index (χ0n) is 19.4. The van der Waals surface area contributed by atoms with Crippen LogP contribution in [0.5, 0.6) is 0 Å². The molecule has 1 aliphatic heterocycles. The summed E-state index contributed by atoms with van der Waals surface area (Å²) in [6, 6.07) is 13.0. The highest BCUT2D eigenvalue weighted by molar-refractivity contribution is 7.19. The van der Waals surface area contributed by atoms with Crippen molar-refractivity contribution in [3.63, 3.8) is 0 Å². The number of benzene rings is 2. The first-order valence-corrected chi connectivity index (χ1v) is 11.5. The van der Waals surface area contributed by atoms with Crippen LogP contribution in [0.25, 0.3) is 27.1 Å². The molecule has 0 atom stereocenters. The monoisotopic (exact) mass is 452 g/mol. The number of fused-ring (bicyclic) bond motifs is 3. The summed E-state index contributed by atoms with van der Waals surface area (Å²) in [4.78, 5) is 15.8. The fourth-order valence-corrected chi connectivity index (χ4v) is 4.66. The van der Waals surface area contributed by atoms with Crippen LogP contribution in [0.4, 0.5) is 0 Å². The van der Waals surface area contributed by atoms with Gasteiger partial charge in [-0.1, -0.05) is 35.6 Å². The maximum absolute atomic E-state index is 9.00. The lowest BCUT2D eigenvalue weighted by molar-refractivity contribution is -0.870. The SMILES string of the molecule is CC(=O)O.C[n+]1c(C=C2C=CN(CCC[N+](C)(C)C)C=N2)sc2ccc3ccccc3c21. The van der Waals surface area contributed by atoms with Gasteiger partial charge in [0, 0.05) is 32.2 Å². The number of aliphatic carboxylic acids is 1. The number of aromatic nitrogens is 1. The van der Waals surface area contributed by atoms with Crippen molar-refractivity contribution < 1.29 is 19.0 Å². The summed E-state index contributed by atoms with van der Waals surface area (Å²) in [6.07, 6.45) is 9.52. The van der Waals surface area contributed by atoms with Gasteiger partial charge in [0.1, 0.15) is 11.7 Å². The third kappa shape index (κ3) is 6.24. The first-order valence-electron chi connectivity index (χ1n) is 10.6. The first kappa shape index (κ1) is 23.6. The van der Waals surface area contributed by atoms with Crippen LogP contribution in [0.3, 0.4) is 0 Å². The third-order valence-corrected chi connectivity index (χ3v) is 6.20. The van der Waals surface area contributed by atoms with E-state index in [0.717, 1.165) is 36.6 Å². The second-order valence-corrected chi connectivity index (χ2v) is 9.95. The molecule has 1 aromatic heterocycles. The van der Waals surface area contributed by atoms with E-state index in [0.29, 0.717) is 0 Å². The summed E-state index contributed by atoms with van der Waals surface area (Å²) in [5.41, 5.74) is 2.29. The molecule has 0 aliphatic carbocycles. The number of hydrogen-bond donors (Lipinski definition) is 1. The van der Waals surface area contributed by atoms with Gasteiger partial charge in [-0.15, -0.1) is 0 Å². The Bertz CT molecular complexity index is 1180. The van der Waals surface area contributed by atoms with Crippen molar-refractivity contribution in [1.82, 2.24) is 4.90 Å². The molecule has 1 N–H and O–H groups in total. The smallest absolute Gasteiger partial charge is 0.300 e. The third-order valence-electron chi connectivity index (χ3n) is 5.05. The van der Waals surface area contributed by atoms with Gasteiger partial charge in [0.25, 0.3) is 11.0 Å². The van der Waals surface area contributed by atoms with E-state index in [1.54, 1.807) is 0 Å². The minimum atomic E-state index is -0.833. The Morgan fingerprint density at radius 3 is 2.59 bits per heavy atom. The Morgan fingerprint density at radius 2 is 1.94 bits per heavy atom. The van der Waals surface area contributed by atoms with E-state index in [-0.39, 0.29) is 0 Å². The Kier molecular flexibility index (Phi) is 7.43. The Morgan fingerprint density at radius 1 is 1.22 bits per heavy atom. The zero-order chi connectivity index (χ0) is 23.3. The Hall–Kier alpha value is -3.03. The molecule has 0 saturated carbocycles. The molecule has 4 rings (SSSR count). The van der Waals surface area contributed by atoms with Crippen LogP contribution in [0.15, 0.2) is 59.4 Å². The van der Waals surface area contributed by atoms with E-state index in [1.807, 2.05) is 17.7 Å². The van der Waals surface area contributed by atoms with Gasteiger partial charge in [0.05, 0.1) is 45.1 Å². The molecule has 0 fully saturated rings. The Balaban J connectivity index is 0.000000668. The van der Waals surface area contributed by atoms with Gasteiger partial charge >= 0.3 is 0 Å². The molecular formula is C25H32N4O2S+2. The molecule has 7 heteroatoms. The molecule has 32 heavy (non-hydrogen) atoms. The van der Waals surface area contributed by atoms with Crippen LogP contribution in [0, 0.1) is 0 Å². The minimum absolute atomic E-state index is 0.833. The summed E-state index contributed by atoms with van der Waals surface area (Å²) < 4.78 is 4.59. The number of rotatable bonds is 5. The van der Waals surface area contributed by atoms with Gasteiger partial charge in [-0.2, -0.15) is 4.57 Å². The van der Waals surface area contributed by atoms with Crippen LogP contribution >= 0.6 is 11.3 Å². The summed E-state index contributed by atoms with van der Waals surface area (Å²) in [6.45, 7) is 3.25. The maximum Gasteiger partial charge on any atom is 0.300 e. The van der Waals surface area contributed by atoms with Crippen molar-refractivity contribution in [3.8, 4) is 0 Å². The molecule has 0 radical (unpaired) electrons. The molecule has 0 saturated heterocycles. The van der Waals surface area contributed by atoms with E-state index in [1.165, 1.54) is 26.0 Å². The van der Waals surface area contributed by atoms with Gasteiger partial charge in [-0.05, 0) is 23.6 Å². The number of aliphatic imine (C=N–C) groups is 1. The summed E-state index contributed by atoms with van der Waals surface area (Å²) in [7, 11) is 8.84. The first-order chi connectivity index (χ1) is 15.1. The van der Waals surface area contributed by atoms with Gasteiger partial charge in [0.2, 0.25) is 5.52 Å². The predicted octanol–water partition coefficient (Wildman–Crippen LogP) is 4.26. The van der Waals surface area contributed by atoms with Crippen molar-refractivity contribution in [3.05, 3.63) is 59.4 Å². The molecular weight excluding hydrogens is 420 g/mol. The quantitative estimate of drug-likeness (QED) is 0.465. The van der Waals surface area contributed by atoms with Crippen LogP contribution in [-0.4, -0.2) is 61.0 Å². The number of carboxylic acid groups (broad SMARTS) is 1. The van der Waals surface area contributed by atoms with E-state index in [4.69, 9.17) is 9.90 Å². The number of hydrogen-bond acceptors (Lipinski definition) is 4. The number of thiazole rings is 1.